The zero-order chi connectivity index (χ0) is 26.1. The van der Waals surface area contributed by atoms with Crippen LogP contribution >= 0.6 is 0 Å². The number of aromatic nitrogens is 5. The van der Waals surface area contributed by atoms with E-state index >= 15 is 4.39 Å². The van der Waals surface area contributed by atoms with E-state index in [4.69, 9.17) is 4.42 Å². The van der Waals surface area contributed by atoms with Crippen LogP contribution in [0.3, 0.4) is 0 Å². The lowest BCUT2D eigenvalue weighted by molar-refractivity contribution is 0.0679. The average molecular weight is 505 g/mol. The standard InChI is InChI=1S/C26H29FN8O2/c1-14-9-21(30-26-28-12-15(2)24(32-26)31-22-10-16(3)33-34-22)20(27)11-19(14)18-5-7-35(8-6-18)25(36)23-17(4)29-13-37-23/h9-13,18H,5-8H2,1-4H3,(H3,28,30,31,32,33,34). The highest BCUT2D eigenvalue weighted by Crippen LogP contribution is 2.34. The fourth-order valence-corrected chi connectivity index (χ4v) is 4.63. The van der Waals surface area contributed by atoms with Crippen molar-refractivity contribution in [1.29, 1.82) is 0 Å². The number of rotatable bonds is 6. The van der Waals surface area contributed by atoms with Crippen LogP contribution in [0.25, 0.3) is 0 Å². The van der Waals surface area contributed by atoms with Crippen molar-refractivity contribution in [1.82, 2.24) is 30.0 Å². The van der Waals surface area contributed by atoms with Gasteiger partial charge in [-0.25, -0.2) is 14.4 Å². The van der Waals surface area contributed by atoms with Crippen molar-refractivity contribution in [3.63, 3.8) is 0 Å². The van der Waals surface area contributed by atoms with Gasteiger partial charge >= 0.3 is 0 Å². The number of aromatic amines is 1. The number of aryl methyl sites for hydroxylation is 4. The molecule has 1 saturated heterocycles. The topological polar surface area (TPSA) is 125 Å². The summed E-state index contributed by atoms with van der Waals surface area (Å²) in [6.07, 6.45) is 4.45. The molecule has 37 heavy (non-hydrogen) atoms. The highest BCUT2D eigenvalue weighted by atomic mass is 19.1. The molecule has 0 unspecified atom stereocenters. The maximum Gasteiger partial charge on any atom is 0.291 e. The molecule has 0 radical (unpaired) electrons. The zero-order valence-corrected chi connectivity index (χ0v) is 21.2. The summed E-state index contributed by atoms with van der Waals surface area (Å²) in [6, 6.07) is 5.24. The first-order chi connectivity index (χ1) is 17.8. The molecule has 4 heterocycles. The molecule has 0 bridgehead atoms. The Hall–Kier alpha value is -4.28. The zero-order valence-electron chi connectivity index (χ0n) is 21.2. The van der Waals surface area contributed by atoms with Crippen LogP contribution in [0.4, 0.5) is 27.7 Å². The Morgan fingerprint density at radius 1 is 1.08 bits per heavy atom. The first kappa shape index (κ1) is 24.4. The monoisotopic (exact) mass is 504 g/mol. The summed E-state index contributed by atoms with van der Waals surface area (Å²) in [7, 11) is 0. The van der Waals surface area contributed by atoms with Crippen molar-refractivity contribution in [2.45, 2.75) is 46.5 Å². The minimum absolute atomic E-state index is 0.148. The van der Waals surface area contributed by atoms with Crippen LogP contribution < -0.4 is 10.6 Å². The number of likely N-dealkylation sites (tertiary alicyclic amines) is 1. The molecule has 1 aliphatic rings. The smallest absolute Gasteiger partial charge is 0.291 e. The lowest BCUT2D eigenvalue weighted by atomic mass is 9.86. The molecular formula is C26H29FN8O2. The maximum absolute atomic E-state index is 15.2. The molecule has 3 N–H and O–H groups in total. The van der Waals surface area contributed by atoms with Crippen molar-refractivity contribution < 1.29 is 13.6 Å². The minimum Gasteiger partial charge on any atom is -0.438 e. The Balaban J connectivity index is 1.27. The molecule has 1 fully saturated rings. The second-order valence-electron chi connectivity index (χ2n) is 9.43. The molecular weight excluding hydrogens is 475 g/mol. The second kappa shape index (κ2) is 10.00. The molecule has 0 saturated carbocycles. The van der Waals surface area contributed by atoms with E-state index in [0.717, 1.165) is 35.2 Å². The highest BCUT2D eigenvalue weighted by molar-refractivity contribution is 5.92. The molecule has 5 rings (SSSR count). The Morgan fingerprint density at radius 3 is 2.54 bits per heavy atom. The van der Waals surface area contributed by atoms with Gasteiger partial charge in [-0.1, -0.05) is 0 Å². The van der Waals surface area contributed by atoms with Crippen molar-refractivity contribution in [2.24, 2.45) is 0 Å². The van der Waals surface area contributed by atoms with Gasteiger partial charge in [0, 0.05) is 36.6 Å². The van der Waals surface area contributed by atoms with Crippen LogP contribution in [-0.4, -0.2) is 49.0 Å². The molecule has 0 spiro atoms. The first-order valence-electron chi connectivity index (χ1n) is 12.2. The van der Waals surface area contributed by atoms with E-state index in [1.165, 1.54) is 6.39 Å². The van der Waals surface area contributed by atoms with Gasteiger partial charge in [0.15, 0.2) is 12.2 Å². The summed E-state index contributed by atoms with van der Waals surface area (Å²) in [5.74, 6) is 1.42. The lowest BCUT2D eigenvalue weighted by Gasteiger charge is -2.32. The molecule has 1 aliphatic heterocycles. The third-order valence-electron chi connectivity index (χ3n) is 6.69. The largest absolute Gasteiger partial charge is 0.438 e. The second-order valence-corrected chi connectivity index (χ2v) is 9.43. The number of nitrogens with zero attached hydrogens (tertiary/aromatic N) is 5. The van der Waals surface area contributed by atoms with E-state index in [1.54, 1.807) is 30.2 Å². The Morgan fingerprint density at radius 2 is 1.86 bits per heavy atom. The number of amides is 1. The van der Waals surface area contributed by atoms with Gasteiger partial charge in [0.25, 0.3) is 5.91 Å². The van der Waals surface area contributed by atoms with E-state index in [2.05, 4.69) is 35.8 Å². The first-order valence-corrected chi connectivity index (χ1v) is 12.2. The summed E-state index contributed by atoms with van der Waals surface area (Å²) < 4.78 is 20.5. The molecule has 4 aromatic rings. The summed E-state index contributed by atoms with van der Waals surface area (Å²) in [4.78, 5) is 27.3. The van der Waals surface area contributed by atoms with Crippen LogP contribution in [0.15, 0.2) is 35.2 Å². The van der Waals surface area contributed by atoms with Gasteiger partial charge in [0.2, 0.25) is 11.7 Å². The van der Waals surface area contributed by atoms with E-state index in [1.807, 2.05) is 26.8 Å². The summed E-state index contributed by atoms with van der Waals surface area (Å²) in [5, 5.41) is 13.2. The number of H-pyrrole nitrogens is 1. The predicted octanol–water partition coefficient (Wildman–Crippen LogP) is 5.07. The van der Waals surface area contributed by atoms with E-state index in [0.29, 0.717) is 36.1 Å². The molecule has 1 aromatic carbocycles. The normalized spacial score (nSPS) is 14.1. The molecule has 0 atom stereocenters. The predicted molar refractivity (Wildman–Crippen MR) is 137 cm³/mol. The summed E-state index contributed by atoms with van der Waals surface area (Å²) >= 11 is 0. The SMILES string of the molecule is Cc1cc(Nc2nc(Nc3cc(C)c(C4CCN(C(=O)c5ocnc5C)CC4)cc3F)ncc2C)n[nH]1. The van der Waals surface area contributed by atoms with Gasteiger partial charge in [-0.15, -0.1) is 0 Å². The fourth-order valence-electron chi connectivity index (χ4n) is 4.63. The molecule has 10 nitrogen and oxygen atoms in total. The van der Waals surface area contributed by atoms with E-state index in [-0.39, 0.29) is 29.4 Å². The molecule has 11 heteroatoms. The summed E-state index contributed by atoms with van der Waals surface area (Å²) in [5.41, 5.74) is 4.57. The number of piperidine rings is 1. The quantitative estimate of drug-likeness (QED) is 0.332. The minimum atomic E-state index is -0.377. The highest BCUT2D eigenvalue weighted by Gasteiger charge is 2.28. The van der Waals surface area contributed by atoms with Gasteiger partial charge in [0.1, 0.15) is 11.6 Å². The molecule has 1 amide bonds. The number of anilines is 4. The van der Waals surface area contributed by atoms with E-state index < -0.39 is 0 Å². The van der Waals surface area contributed by atoms with Crippen LogP contribution in [0.1, 0.15) is 57.4 Å². The fraction of sp³-hybridized carbons (Fsp3) is 0.346. The molecule has 0 aliphatic carbocycles. The Bertz CT molecular complexity index is 1440. The lowest BCUT2D eigenvalue weighted by Crippen LogP contribution is -2.38. The summed E-state index contributed by atoms with van der Waals surface area (Å²) in [6.45, 7) is 8.68. The number of halogens is 1. The maximum atomic E-state index is 15.2. The number of oxazole rings is 1. The van der Waals surface area contributed by atoms with Gasteiger partial charge < -0.3 is 20.0 Å². The number of hydrogen-bond donors (Lipinski definition) is 3. The molecule has 3 aromatic heterocycles. The Labute approximate surface area is 213 Å². The van der Waals surface area contributed by atoms with E-state index in [9.17, 15) is 4.79 Å². The van der Waals surface area contributed by atoms with Gasteiger partial charge in [-0.3, -0.25) is 9.89 Å². The number of benzene rings is 1. The number of hydrogen-bond acceptors (Lipinski definition) is 8. The van der Waals surface area contributed by atoms with Crippen LogP contribution in [0, 0.1) is 33.5 Å². The third-order valence-corrected chi connectivity index (χ3v) is 6.69. The van der Waals surface area contributed by atoms with Crippen molar-refractivity contribution in [3.05, 3.63) is 70.4 Å². The Kier molecular flexibility index (Phi) is 6.60. The van der Waals surface area contributed by atoms with Crippen molar-refractivity contribution in [3.8, 4) is 0 Å². The average Bonchev–Trinajstić information content (AvgIpc) is 3.50. The number of nitrogens with one attached hydrogen (secondary N) is 3. The van der Waals surface area contributed by atoms with Crippen LogP contribution in [0.5, 0.6) is 0 Å². The van der Waals surface area contributed by atoms with Crippen molar-refractivity contribution in [2.75, 3.05) is 23.7 Å². The van der Waals surface area contributed by atoms with Crippen LogP contribution in [-0.2, 0) is 0 Å². The van der Waals surface area contributed by atoms with Gasteiger partial charge in [0.05, 0.1) is 11.4 Å². The molecule has 192 valence electrons. The number of carbonyl (C=O) groups is 1. The van der Waals surface area contributed by atoms with Crippen LogP contribution in [0.2, 0.25) is 0 Å². The van der Waals surface area contributed by atoms with Gasteiger partial charge in [-0.2, -0.15) is 10.1 Å². The third kappa shape index (κ3) is 5.16. The number of carbonyl (C=O) groups excluding carboxylic acids is 1. The van der Waals surface area contributed by atoms with Gasteiger partial charge in [-0.05, 0) is 69.7 Å². The van der Waals surface area contributed by atoms with Crippen molar-refractivity contribution >= 4 is 29.2 Å².